The molecule has 0 radical (unpaired) electrons. The quantitative estimate of drug-likeness (QED) is 0.224. The van der Waals surface area contributed by atoms with E-state index in [0.717, 1.165) is 40.8 Å². The van der Waals surface area contributed by atoms with Crippen molar-refractivity contribution < 1.29 is 23.8 Å². The van der Waals surface area contributed by atoms with Gasteiger partial charge in [-0.15, -0.1) is 11.3 Å². The molecule has 8 heteroatoms. The maximum Gasteiger partial charge on any atom is 0.341 e. The number of hydrogen-bond donors (Lipinski definition) is 1. The minimum Gasteiger partial charge on any atom is -0.493 e. The first-order chi connectivity index (χ1) is 18.6. The summed E-state index contributed by atoms with van der Waals surface area (Å²) < 4.78 is 16.5. The molecule has 1 aliphatic rings. The monoisotopic (exact) mass is 567 g/mol. The maximum absolute atomic E-state index is 12.9. The van der Waals surface area contributed by atoms with E-state index in [0.29, 0.717) is 39.6 Å². The van der Waals surface area contributed by atoms with Crippen molar-refractivity contribution in [3.8, 4) is 11.5 Å². The van der Waals surface area contributed by atoms with Gasteiger partial charge in [-0.3, -0.25) is 4.79 Å². The van der Waals surface area contributed by atoms with E-state index < -0.39 is 5.97 Å². The lowest BCUT2D eigenvalue weighted by Crippen LogP contribution is -2.26. The van der Waals surface area contributed by atoms with Gasteiger partial charge in [0.1, 0.15) is 11.6 Å². The standard InChI is InChI=1S/C31H34ClNO5S/c1-31(2,3)21-10-13-23-26(17-21)39-29(28(23)30(35)37-5)33-27(34)15-9-19-8-14-24(25(16-19)36-4)38-18-20-6-11-22(32)12-7-20/h6-9,11-12,14-16,21H,10,13,17-18H2,1-5H3,(H,33,34)/b15-9+. The van der Waals surface area contributed by atoms with E-state index in [1.54, 1.807) is 25.3 Å². The van der Waals surface area contributed by atoms with Crippen molar-refractivity contribution in [2.45, 2.75) is 46.6 Å². The predicted octanol–water partition coefficient (Wildman–Crippen LogP) is 7.58. The molecule has 39 heavy (non-hydrogen) atoms. The third-order valence-electron chi connectivity index (χ3n) is 7.04. The Morgan fingerprint density at radius 3 is 2.51 bits per heavy atom. The highest BCUT2D eigenvalue weighted by Crippen LogP contribution is 2.44. The summed E-state index contributed by atoms with van der Waals surface area (Å²) in [5.41, 5.74) is 3.42. The predicted molar refractivity (Wildman–Crippen MR) is 157 cm³/mol. The molecule has 3 aromatic rings. The number of anilines is 1. The number of benzene rings is 2. The van der Waals surface area contributed by atoms with E-state index in [9.17, 15) is 9.59 Å². The molecule has 1 aliphatic carbocycles. The van der Waals surface area contributed by atoms with Crippen LogP contribution in [-0.2, 0) is 29.0 Å². The van der Waals surface area contributed by atoms with Crippen LogP contribution in [0, 0.1) is 11.3 Å². The minimum absolute atomic E-state index is 0.177. The van der Waals surface area contributed by atoms with E-state index in [-0.39, 0.29) is 11.3 Å². The van der Waals surface area contributed by atoms with Crippen LogP contribution in [0.25, 0.3) is 6.08 Å². The van der Waals surface area contributed by atoms with Crippen molar-refractivity contribution in [2.75, 3.05) is 19.5 Å². The van der Waals surface area contributed by atoms with Crippen LogP contribution in [0.15, 0.2) is 48.5 Å². The number of esters is 1. The number of ether oxygens (including phenoxy) is 3. The zero-order valence-corrected chi connectivity index (χ0v) is 24.5. The number of hydrogen-bond acceptors (Lipinski definition) is 6. The Labute approximate surface area is 238 Å². The molecule has 1 heterocycles. The van der Waals surface area contributed by atoms with Crippen molar-refractivity contribution in [3.63, 3.8) is 0 Å². The van der Waals surface area contributed by atoms with Crippen LogP contribution < -0.4 is 14.8 Å². The SMILES string of the molecule is COC(=O)c1c(NC(=O)/C=C/c2ccc(OCc3ccc(Cl)cc3)c(OC)c2)sc2c1CCC(C(C)(C)C)C2. The number of carbonyl (C=O) groups excluding carboxylic acids is 2. The number of carbonyl (C=O) groups is 2. The normalized spacial score (nSPS) is 15.1. The molecule has 0 fully saturated rings. The molecule has 2 aromatic carbocycles. The second kappa shape index (κ2) is 12.3. The molecule has 1 amide bonds. The lowest BCUT2D eigenvalue weighted by molar-refractivity contribution is -0.111. The van der Waals surface area contributed by atoms with Crippen molar-refractivity contribution in [1.29, 1.82) is 0 Å². The van der Waals surface area contributed by atoms with E-state index in [2.05, 4.69) is 26.1 Å². The smallest absolute Gasteiger partial charge is 0.341 e. The lowest BCUT2D eigenvalue weighted by atomic mass is 9.72. The van der Waals surface area contributed by atoms with Gasteiger partial charge in [-0.05, 0) is 77.6 Å². The number of nitrogens with one attached hydrogen (secondary N) is 1. The number of halogens is 1. The molecular formula is C31H34ClNO5S. The number of rotatable bonds is 8. The van der Waals surface area contributed by atoms with E-state index in [1.807, 2.05) is 30.3 Å². The largest absolute Gasteiger partial charge is 0.493 e. The summed E-state index contributed by atoms with van der Waals surface area (Å²) in [6.07, 6.45) is 5.84. The number of methoxy groups -OCH3 is 2. The fourth-order valence-electron chi connectivity index (χ4n) is 4.71. The Morgan fingerprint density at radius 2 is 1.85 bits per heavy atom. The van der Waals surface area contributed by atoms with Gasteiger partial charge in [0.15, 0.2) is 11.5 Å². The third kappa shape index (κ3) is 7.02. The van der Waals surface area contributed by atoms with Crippen LogP contribution in [0.4, 0.5) is 5.00 Å². The van der Waals surface area contributed by atoms with Crippen LogP contribution in [0.3, 0.4) is 0 Å². The van der Waals surface area contributed by atoms with Gasteiger partial charge in [0.25, 0.3) is 0 Å². The molecule has 1 aromatic heterocycles. The highest BCUT2D eigenvalue weighted by atomic mass is 35.5. The van der Waals surface area contributed by atoms with Crippen molar-refractivity contribution in [3.05, 3.63) is 80.7 Å². The average molecular weight is 568 g/mol. The molecule has 0 aliphatic heterocycles. The Kier molecular flexibility index (Phi) is 9.03. The first-order valence-corrected chi connectivity index (χ1v) is 14.1. The van der Waals surface area contributed by atoms with Crippen LogP contribution in [0.1, 0.15) is 59.1 Å². The Bertz CT molecular complexity index is 1370. The van der Waals surface area contributed by atoms with Gasteiger partial charge in [0.2, 0.25) is 5.91 Å². The first kappa shape index (κ1) is 28.7. The van der Waals surface area contributed by atoms with Crippen LogP contribution in [0.5, 0.6) is 11.5 Å². The second-order valence-electron chi connectivity index (χ2n) is 10.7. The summed E-state index contributed by atoms with van der Waals surface area (Å²) in [7, 11) is 2.94. The number of amides is 1. The Morgan fingerprint density at radius 1 is 1.10 bits per heavy atom. The second-order valence-corrected chi connectivity index (χ2v) is 12.2. The molecule has 0 saturated carbocycles. The van der Waals surface area contributed by atoms with Gasteiger partial charge in [-0.25, -0.2) is 4.79 Å². The zero-order valence-electron chi connectivity index (χ0n) is 22.9. The summed E-state index contributed by atoms with van der Waals surface area (Å²) in [6.45, 7) is 7.11. The van der Waals surface area contributed by atoms with Crippen LogP contribution >= 0.6 is 22.9 Å². The van der Waals surface area contributed by atoms with Gasteiger partial charge in [-0.1, -0.05) is 50.6 Å². The molecule has 1 atom stereocenters. The Hall–Kier alpha value is -3.29. The molecule has 6 nitrogen and oxygen atoms in total. The lowest BCUT2D eigenvalue weighted by Gasteiger charge is -2.33. The van der Waals surface area contributed by atoms with Gasteiger partial charge >= 0.3 is 5.97 Å². The summed E-state index contributed by atoms with van der Waals surface area (Å²) in [5, 5.41) is 4.13. The minimum atomic E-state index is -0.417. The van der Waals surface area contributed by atoms with E-state index in [1.165, 1.54) is 24.5 Å². The first-order valence-electron chi connectivity index (χ1n) is 12.9. The van der Waals surface area contributed by atoms with Crippen molar-refractivity contribution in [1.82, 2.24) is 0 Å². The van der Waals surface area contributed by atoms with E-state index in [4.69, 9.17) is 25.8 Å². The summed E-state index contributed by atoms with van der Waals surface area (Å²) in [6, 6.07) is 12.9. The summed E-state index contributed by atoms with van der Waals surface area (Å²) in [5.74, 6) is 0.923. The molecule has 0 saturated heterocycles. The summed E-state index contributed by atoms with van der Waals surface area (Å²) >= 11 is 7.42. The van der Waals surface area contributed by atoms with Crippen molar-refractivity contribution in [2.24, 2.45) is 11.3 Å². The average Bonchev–Trinajstić information content (AvgIpc) is 3.27. The summed E-state index contributed by atoms with van der Waals surface area (Å²) in [4.78, 5) is 26.7. The fourth-order valence-corrected chi connectivity index (χ4v) is 6.15. The molecular weight excluding hydrogens is 534 g/mol. The molecule has 1 N–H and O–H groups in total. The topological polar surface area (TPSA) is 73.9 Å². The van der Waals surface area contributed by atoms with Crippen LogP contribution in [0.2, 0.25) is 5.02 Å². The number of fused-ring (bicyclic) bond motifs is 1. The number of thiophene rings is 1. The van der Waals surface area contributed by atoms with Gasteiger partial charge in [0, 0.05) is 16.0 Å². The van der Waals surface area contributed by atoms with Gasteiger partial charge in [-0.2, -0.15) is 0 Å². The highest BCUT2D eigenvalue weighted by molar-refractivity contribution is 7.17. The van der Waals surface area contributed by atoms with E-state index >= 15 is 0 Å². The fraction of sp³-hybridized carbons (Fsp3) is 0.355. The van der Waals surface area contributed by atoms with Crippen molar-refractivity contribution >= 4 is 45.9 Å². The highest BCUT2D eigenvalue weighted by Gasteiger charge is 2.34. The molecule has 0 bridgehead atoms. The zero-order chi connectivity index (χ0) is 28.2. The molecule has 1 unspecified atom stereocenters. The van der Waals surface area contributed by atoms with Gasteiger partial charge in [0.05, 0.1) is 19.8 Å². The van der Waals surface area contributed by atoms with Crippen LogP contribution in [-0.4, -0.2) is 26.1 Å². The maximum atomic E-state index is 12.9. The molecule has 0 spiro atoms. The third-order valence-corrected chi connectivity index (χ3v) is 8.46. The Balaban J connectivity index is 1.46. The molecule has 4 rings (SSSR count). The van der Waals surface area contributed by atoms with Gasteiger partial charge < -0.3 is 19.5 Å². The molecule has 206 valence electrons.